The summed E-state index contributed by atoms with van der Waals surface area (Å²) in [5, 5.41) is 26.5. The lowest BCUT2D eigenvalue weighted by atomic mass is 9.95. The van der Waals surface area contributed by atoms with E-state index in [2.05, 4.69) is 20.6 Å². The second-order valence-corrected chi connectivity index (χ2v) is 9.08. The van der Waals surface area contributed by atoms with E-state index in [1.807, 2.05) is 25.3 Å². The Balaban J connectivity index is 1.34. The molecular formula is C20H21F2N5O2S. The molecule has 158 valence electrons. The summed E-state index contributed by atoms with van der Waals surface area (Å²) in [6.45, 7) is 3.32. The van der Waals surface area contributed by atoms with Crippen molar-refractivity contribution < 1.29 is 18.6 Å². The van der Waals surface area contributed by atoms with Gasteiger partial charge in [-0.25, -0.2) is 13.5 Å². The number of rotatable bonds is 4. The zero-order valence-corrected chi connectivity index (χ0v) is 17.2. The number of fused-ring (bicyclic) bond motifs is 2. The Kier molecular flexibility index (Phi) is 4.51. The minimum absolute atomic E-state index is 0.0276. The number of phenols is 1. The highest BCUT2D eigenvalue weighted by molar-refractivity contribution is 7.16. The smallest absolute Gasteiger partial charge is 0.294 e. The fourth-order valence-electron chi connectivity index (χ4n) is 4.31. The highest BCUT2D eigenvalue weighted by Crippen LogP contribution is 2.41. The third kappa shape index (κ3) is 3.33. The number of nitrogens with one attached hydrogen (secondary N) is 1. The minimum atomic E-state index is -1.59. The summed E-state index contributed by atoms with van der Waals surface area (Å²) in [5.41, 5.74) is 0.489. The second-order valence-electron chi connectivity index (χ2n) is 8.14. The molecule has 5 unspecified atom stereocenters. The SMILES string of the molecule is Cc1ccn(-c2ccc(-c3nnc(OC4CC5CC(C)(F)C(N5)C4F)s3)c(O)c2)n1. The van der Waals surface area contributed by atoms with E-state index in [9.17, 15) is 13.9 Å². The molecule has 2 aromatic heterocycles. The number of phenolic OH excluding ortho intramolecular Hbond substituents is 1. The van der Waals surface area contributed by atoms with E-state index in [-0.39, 0.29) is 23.4 Å². The summed E-state index contributed by atoms with van der Waals surface area (Å²) in [6.07, 6.45) is 0.197. The highest BCUT2D eigenvalue weighted by atomic mass is 32.1. The van der Waals surface area contributed by atoms with Crippen LogP contribution < -0.4 is 10.1 Å². The molecule has 5 atom stereocenters. The highest BCUT2D eigenvalue weighted by Gasteiger charge is 2.55. The monoisotopic (exact) mass is 433 g/mol. The van der Waals surface area contributed by atoms with Crippen LogP contribution in [0, 0.1) is 6.92 Å². The lowest BCUT2D eigenvalue weighted by molar-refractivity contribution is 0.0175. The number of benzene rings is 1. The zero-order chi connectivity index (χ0) is 21.0. The van der Waals surface area contributed by atoms with E-state index < -0.39 is 24.0 Å². The number of hydrogen-bond acceptors (Lipinski definition) is 7. The maximum Gasteiger partial charge on any atom is 0.294 e. The van der Waals surface area contributed by atoms with Crippen molar-refractivity contribution in [1.82, 2.24) is 25.3 Å². The van der Waals surface area contributed by atoms with Gasteiger partial charge in [-0.05, 0) is 38.5 Å². The molecule has 4 heterocycles. The normalized spacial score (nSPS) is 30.5. The van der Waals surface area contributed by atoms with Gasteiger partial charge in [-0.2, -0.15) is 5.10 Å². The average Bonchev–Trinajstić information content (AvgIpc) is 3.38. The number of alkyl halides is 2. The van der Waals surface area contributed by atoms with Crippen LogP contribution in [0.25, 0.3) is 16.3 Å². The van der Waals surface area contributed by atoms with Crippen molar-refractivity contribution in [2.45, 2.75) is 56.7 Å². The van der Waals surface area contributed by atoms with Crippen LogP contribution in [0.15, 0.2) is 30.5 Å². The van der Waals surface area contributed by atoms with Crippen molar-refractivity contribution in [2.24, 2.45) is 0 Å². The van der Waals surface area contributed by atoms with Gasteiger partial charge >= 0.3 is 0 Å². The number of aromatic nitrogens is 4. The summed E-state index contributed by atoms with van der Waals surface area (Å²) in [4.78, 5) is 0. The number of piperidine rings is 1. The number of ether oxygens (including phenoxy) is 1. The van der Waals surface area contributed by atoms with Crippen molar-refractivity contribution in [2.75, 3.05) is 0 Å². The summed E-state index contributed by atoms with van der Waals surface area (Å²) in [5.74, 6) is 0.0276. The van der Waals surface area contributed by atoms with Crippen molar-refractivity contribution in [1.29, 1.82) is 0 Å². The van der Waals surface area contributed by atoms with E-state index in [0.717, 1.165) is 17.0 Å². The Morgan fingerprint density at radius 1 is 1.33 bits per heavy atom. The molecule has 2 aliphatic rings. The molecule has 2 fully saturated rings. The van der Waals surface area contributed by atoms with E-state index >= 15 is 0 Å². The molecule has 0 saturated carbocycles. The Labute approximate surface area is 175 Å². The zero-order valence-electron chi connectivity index (χ0n) is 16.4. The van der Waals surface area contributed by atoms with E-state index in [1.165, 1.54) is 6.92 Å². The molecule has 1 aromatic carbocycles. The van der Waals surface area contributed by atoms with Gasteiger partial charge in [0.15, 0.2) is 11.2 Å². The Hall–Kier alpha value is -2.59. The molecule has 0 amide bonds. The molecule has 3 aromatic rings. The van der Waals surface area contributed by atoms with Crippen LogP contribution in [-0.4, -0.2) is 55.1 Å². The van der Waals surface area contributed by atoms with E-state index in [4.69, 9.17) is 4.74 Å². The molecule has 0 spiro atoms. The minimum Gasteiger partial charge on any atom is -0.507 e. The van der Waals surface area contributed by atoms with Crippen LogP contribution in [0.1, 0.15) is 25.5 Å². The fraction of sp³-hybridized carbons (Fsp3) is 0.450. The molecule has 10 heteroatoms. The average molecular weight is 433 g/mol. The molecule has 2 saturated heterocycles. The van der Waals surface area contributed by atoms with Crippen molar-refractivity contribution in [3.8, 4) is 27.2 Å². The molecule has 2 N–H and O–H groups in total. The predicted molar refractivity (Wildman–Crippen MR) is 108 cm³/mol. The lowest BCUT2D eigenvalue weighted by Gasteiger charge is -2.33. The molecule has 0 aliphatic carbocycles. The van der Waals surface area contributed by atoms with Crippen LogP contribution in [0.5, 0.6) is 10.9 Å². The summed E-state index contributed by atoms with van der Waals surface area (Å²) in [7, 11) is 0. The molecular weight excluding hydrogens is 412 g/mol. The van der Waals surface area contributed by atoms with Gasteiger partial charge in [-0.3, -0.25) is 0 Å². The van der Waals surface area contributed by atoms with Crippen LogP contribution in [0.4, 0.5) is 8.78 Å². The van der Waals surface area contributed by atoms with Crippen LogP contribution in [0.2, 0.25) is 0 Å². The molecule has 30 heavy (non-hydrogen) atoms. The number of nitrogens with zero attached hydrogens (tertiary/aromatic N) is 4. The van der Waals surface area contributed by atoms with E-state index in [1.54, 1.807) is 16.8 Å². The van der Waals surface area contributed by atoms with Crippen molar-refractivity contribution in [3.63, 3.8) is 0 Å². The standard InChI is InChI=1S/C20H21F2N5O2S/c1-10-5-6-27(26-10)12-3-4-13(14(28)8-12)18-24-25-19(30-18)29-15-7-11-9-20(2,22)17(23-11)16(15)21/h3-6,8,11,15-17,23,28H,7,9H2,1-2H3. The molecule has 5 rings (SSSR count). The second kappa shape index (κ2) is 6.98. The number of hydrogen-bond donors (Lipinski definition) is 2. The molecule has 0 radical (unpaired) electrons. The first kappa shape index (κ1) is 19.4. The summed E-state index contributed by atoms with van der Waals surface area (Å²) < 4.78 is 36.8. The first-order chi connectivity index (χ1) is 14.3. The van der Waals surface area contributed by atoms with Gasteiger partial charge in [0.25, 0.3) is 5.19 Å². The Morgan fingerprint density at radius 3 is 2.90 bits per heavy atom. The van der Waals surface area contributed by atoms with Gasteiger partial charge in [-0.1, -0.05) is 16.4 Å². The fourth-order valence-corrected chi connectivity index (χ4v) is 5.09. The van der Waals surface area contributed by atoms with E-state index in [0.29, 0.717) is 22.7 Å². The number of halogens is 2. The first-order valence-electron chi connectivity index (χ1n) is 9.75. The lowest BCUT2D eigenvalue weighted by Crippen LogP contribution is -2.55. The van der Waals surface area contributed by atoms with Crippen LogP contribution in [-0.2, 0) is 0 Å². The number of aryl methyl sites for hydroxylation is 1. The quantitative estimate of drug-likeness (QED) is 0.656. The summed E-state index contributed by atoms with van der Waals surface area (Å²) >= 11 is 1.12. The molecule has 7 nitrogen and oxygen atoms in total. The topological polar surface area (TPSA) is 85.1 Å². The van der Waals surface area contributed by atoms with Gasteiger partial charge in [0, 0.05) is 24.7 Å². The maximum atomic E-state index is 14.8. The molecule has 2 aliphatic heterocycles. The van der Waals surface area contributed by atoms with Gasteiger partial charge in [0.1, 0.15) is 17.5 Å². The Bertz CT molecular complexity index is 1080. The van der Waals surface area contributed by atoms with Crippen molar-refractivity contribution in [3.05, 3.63) is 36.2 Å². The Morgan fingerprint density at radius 2 is 2.17 bits per heavy atom. The predicted octanol–water partition coefficient (Wildman–Crippen LogP) is 3.35. The van der Waals surface area contributed by atoms with Crippen LogP contribution in [0.3, 0.4) is 0 Å². The summed E-state index contributed by atoms with van der Waals surface area (Å²) in [6, 6.07) is 6.01. The third-order valence-electron chi connectivity index (χ3n) is 5.76. The van der Waals surface area contributed by atoms with Gasteiger partial charge in [-0.15, -0.1) is 5.10 Å². The van der Waals surface area contributed by atoms with Crippen LogP contribution >= 0.6 is 11.3 Å². The number of aromatic hydroxyl groups is 1. The third-order valence-corrected chi connectivity index (χ3v) is 6.60. The van der Waals surface area contributed by atoms with Gasteiger partial charge in [0.2, 0.25) is 0 Å². The maximum absolute atomic E-state index is 14.8. The van der Waals surface area contributed by atoms with Crippen molar-refractivity contribution >= 4 is 11.3 Å². The molecule has 2 bridgehead atoms. The largest absolute Gasteiger partial charge is 0.507 e. The van der Waals surface area contributed by atoms with Gasteiger partial charge < -0.3 is 15.2 Å². The first-order valence-corrected chi connectivity index (χ1v) is 10.6. The van der Waals surface area contributed by atoms with Gasteiger partial charge in [0.05, 0.1) is 23.0 Å².